The first-order chi connectivity index (χ1) is 12.3. The highest BCUT2D eigenvalue weighted by atomic mass is 16.1. The van der Waals surface area contributed by atoms with Gasteiger partial charge in [0.1, 0.15) is 11.6 Å². The summed E-state index contributed by atoms with van der Waals surface area (Å²) in [4.78, 5) is 18.4. The van der Waals surface area contributed by atoms with Crippen molar-refractivity contribution in [2.75, 3.05) is 13.1 Å². The average molecular weight is 342 g/mol. The van der Waals surface area contributed by atoms with Crippen LogP contribution in [0.1, 0.15) is 43.8 Å². The Morgan fingerprint density at radius 2 is 1.96 bits per heavy atom. The standard InChI is InChI=1S/C18H26N6O/c25-18-5-8-19-14-23(18)12-15-6-10-22(11-7-15)13-17-21-20-16-4-2-1-3-9-24(16)17/h5,8,14-15H,1-4,6-7,9-13H2. The van der Waals surface area contributed by atoms with E-state index in [1.54, 1.807) is 17.1 Å². The second kappa shape index (κ2) is 7.47. The van der Waals surface area contributed by atoms with Crippen molar-refractivity contribution in [1.82, 2.24) is 29.2 Å². The Hall–Kier alpha value is -2.02. The number of nitrogens with zero attached hydrogens (tertiary/aromatic N) is 6. The molecule has 2 aromatic rings. The van der Waals surface area contributed by atoms with Crippen LogP contribution in [0.4, 0.5) is 0 Å². The first kappa shape index (κ1) is 16.4. The van der Waals surface area contributed by atoms with Crippen molar-refractivity contribution < 1.29 is 0 Å². The van der Waals surface area contributed by atoms with Crippen LogP contribution in [0.5, 0.6) is 0 Å². The minimum Gasteiger partial charge on any atom is -0.314 e. The maximum Gasteiger partial charge on any atom is 0.253 e. The molecule has 134 valence electrons. The first-order valence-electron chi connectivity index (χ1n) is 9.43. The average Bonchev–Trinajstić information content (AvgIpc) is 2.85. The fraction of sp³-hybridized carbons (Fsp3) is 0.667. The van der Waals surface area contributed by atoms with Gasteiger partial charge in [0.2, 0.25) is 0 Å². The lowest BCUT2D eigenvalue weighted by Gasteiger charge is -2.31. The fourth-order valence-corrected chi connectivity index (χ4v) is 3.98. The molecule has 0 N–H and O–H groups in total. The zero-order valence-electron chi connectivity index (χ0n) is 14.7. The lowest BCUT2D eigenvalue weighted by Crippen LogP contribution is -2.36. The van der Waals surface area contributed by atoms with E-state index in [1.807, 2.05) is 0 Å². The van der Waals surface area contributed by atoms with Crippen LogP contribution < -0.4 is 5.56 Å². The Labute approximate surface area is 147 Å². The zero-order chi connectivity index (χ0) is 17.1. The topological polar surface area (TPSA) is 68.8 Å². The monoisotopic (exact) mass is 342 g/mol. The van der Waals surface area contributed by atoms with E-state index in [0.29, 0.717) is 5.92 Å². The van der Waals surface area contributed by atoms with Gasteiger partial charge in [-0.2, -0.15) is 0 Å². The number of aromatic nitrogens is 5. The summed E-state index contributed by atoms with van der Waals surface area (Å²) < 4.78 is 4.08. The summed E-state index contributed by atoms with van der Waals surface area (Å²) in [7, 11) is 0. The smallest absolute Gasteiger partial charge is 0.253 e. The van der Waals surface area contributed by atoms with Crippen molar-refractivity contribution in [2.45, 2.75) is 58.2 Å². The molecule has 0 aliphatic carbocycles. The maximum atomic E-state index is 11.8. The van der Waals surface area contributed by atoms with Crippen LogP contribution in [0.2, 0.25) is 0 Å². The summed E-state index contributed by atoms with van der Waals surface area (Å²) in [5.74, 6) is 2.84. The molecule has 0 saturated carbocycles. The third-order valence-electron chi connectivity index (χ3n) is 5.51. The Balaban J connectivity index is 1.33. The van der Waals surface area contributed by atoms with Gasteiger partial charge in [-0.05, 0) is 44.7 Å². The summed E-state index contributed by atoms with van der Waals surface area (Å²) in [6, 6.07) is 1.53. The minimum atomic E-state index is 0.0450. The normalized spacial score (nSPS) is 19.5. The number of fused-ring (bicyclic) bond motifs is 1. The Morgan fingerprint density at radius 3 is 2.80 bits per heavy atom. The van der Waals surface area contributed by atoms with Gasteiger partial charge in [-0.15, -0.1) is 10.2 Å². The molecule has 4 rings (SSSR count). The van der Waals surface area contributed by atoms with Crippen molar-refractivity contribution >= 4 is 0 Å². The number of rotatable bonds is 4. The van der Waals surface area contributed by atoms with E-state index in [9.17, 15) is 4.79 Å². The molecule has 0 aromatic carbocycles. The predicted octanol–water partition coefficient (Wildman–Crippen LogP) is 1.47. The molecule has 0 amide bonds. The van der Waals surface area contributed by atoms with Gasteiger partial charge in [-0.3, -0.25) is 14.3 Å². The summed E-state index contributed by atoms with van der Waals surface area (Å²) >= 11 is 0. The zero-order valence-corrected chi connectivity index (χ0v) is 14.7. The summed E-state index contributed by atoms with van der Waals surface area (Å²) in [5.41, 5.74) is 0.0450. The van der Waals surface area contributed by atoms with E-state index in [2.05, 4.69) is 24.6 Å². The van der Waals surface area contributed by atoms with Crippen LogP contribution in [-0.2, 0) is 26.1 Å². The van der Waals surface area contributed by atoms with E-state index in [-0.39, 0.29) is 5.56 Å². The molecule has 1 saturated heterocycles. The highest BCUT2D eigenvalue weighted by molar-refractivity contribution is 4.98. The van der Waals surface area contributed by atoms with Gasteiger partial charge in [0, 0.05) is 31.8 Å². The van der Waals surface area contributed by atoms with Gasteiger partial charge in [-0.25, -0.2) is 4.98 Å². The molecular formula is C18H26N6O. The molecule has 0 unspecified atom stereocenters. The van der Waals surface area contributed by atoms with Gasteiger partial charge < -0.3 is 4.57 Å². The molecule has 25 heavy (non-hydrogen) atoms. The molecule has 2 aliphatic heterocycles. The predicted molar refractivity (Wildman–Crippen MR) is 94.1 cm³/mol. The molecule has 0 spiro atoms. The van der Waals surface area contributed by atoms with Gasteiger partial charge in [0.25, 0.3) is 5.56 Å². The number of likely N-dealkylation sites (tertiary alicyclic amines) is 1. The fourth-order valence-electron chi connectivity index (χ4n) is 3.98. The van der Waals surface area contributed by atoms with Crippen LogP contribution in [0.15, 0.2) is 23.4 Å². The van der Waals surface area contributed by atoms with E-state index in [4.69, 9.17) is 0 Å². The van der Waals surface area contributed by atoms with Crippen LogP contribution in [0.25, 0.3) is 0 Å². The van der Waals surface area contributed by atoms with Gasteiger partial charge in [0.05, 0.1) is 12.9 Å². The van der Waals surface area contributed by atoms with E-state index >= 15 is 0 Å². The number of piperidine rings is 1. The van der Waals surface area contributed by atoms with Crippen molar-refractivity contribution in [3.8, 4) is 0 Å². The van der Waals surface area contributed by atoms with Crippen molar-refractivity contribution in [2.24, 2.45) is 5.92 Å². The molecule has 0 atom stereocenters. The molecule has 7 heteroatoms. The van der Waals surface area contributed by atoms with Crippen LogP contribution in [-0.4, -0.2) is 42.3 Å². The van der Waals surface area contributed by atoms with Gasteiger partial charge in [0.15, 0.2) is 0 Å². The van der Waals surface area contributed by atoms with Crippen molar-refractivity contribution in [1.29, 1.82) is 0 Å². The molecule has 7 nitrogen and oxygen atoms in total. The largest absolute Gasteiger partial charge is 0.314 e. The molecule has 2 aromatic heterocycles. The van der Waals surface area contributed by atoms with E-state index in [1.165, 1.54) is 31.2 Å². The summed E-state index contributed by atoms with van der Waals surface area (Å²) in [5, 5.41) is 8.85. The maximum absolute atomic E-state index is 11.8. The summed E-state index contributed by atoms with van der Waals surface area (Å²) in [6.07, 6.45) is 10.3. The Bertz CT molecular complexity index is 759. The Kier molecular flexibility index (Phi) is 4.92. The number of aryl methyl sites for hydroxylation is 1. The Morgan fingerprint density at radius 1 is 1.08 bits per heavy atom. The third-order valence-corrected chi connectivity index (χ3v) is 5.51. The lowest BCUT2D eigenvalue weighted by molar-refractivity contribution is 0.161. The first-order valence-corrected chi connectivity index (χ1v) is 9.43. The van der Waals surface area contributed by atoms with Crippen molar-refractivity contribution in [3.63, 3.8) is 0 Å². The molecule has 2 aliphatic rings. The molecule has 0 radical (unpaired) electrons. The second-order valence-electron chi connectivity index (χ2n) is 7.29. The van der Waals surface area contributed by atoms with E-state index in [0.717, 1.165) is 57.8 Å². The minimum absolute atomic E-state index is 0.0450. The highest BCUT2D eigenvalue weighted by Gasteiger charge is 2.22. The highest BCUT2D eigenvalue weighted by Crippen LogP contribution is 2.21. The summed E-state index contributed by atoms with van der Waals surface area (Å²) in [6.45, 7) is 4.86. The van der Waals surface area contributed by atoms with Crippen LogP contribution in [0, 0.1) is 5.92 Å². The quantitative estimate of drug-likeness (QED) is 0.842. The lowest BCUT2D eigenvalue weighted by atomic mass is 9.96. The van der Waals surface area contributed by atoms with E-state index < -0.39 is 0 Å². The van der Waals surface area contributed by atoms with Crippen molar-refractivity contribution in [3.05, 3.63) is 40.6 Å². The molecule has 1 fully saturated rings. The van der Waals surface area contributed by atoms with Crippen LogP contribution >= 0.6 is 0 Å². The number of hydrogen-bond acceptors (Lipinski definition) is 5. The third kappa shape index (κ3) is 3.81. The SMILES string of the molecule is O=c1ccncn1CC1CCN(Cc2nnc3n2CCCCC3)CC1. The molecule has 0 bridgehead atoms. The van der Waals surface area contributed by atoms with Gasteiger partial charge >= 0.3 is 0 Å². The van der Waals surface area contributed by atoms with Crippen LogP contribution in [0.3, 0.4) is 0 Å². The molecular weight excluding hydrogens is 316 g/mol. The second-order valence-corrected chi connectivity index (χ2v) is 7.29. The van der Waals surface area contributed by atoms with Gasteiger partial charge in [-0.1, -0.05) is 6.42 Å². The number of hydrogen-bond donors (Lipinski definition) is 0. The molecule has 4 heterocycles.